The normalized spacial score (nSPS) is 12.7. The van der Waals surface area contributed by atoms with Crippen molar-refractivity contribution in [1.82, 2.24) is 14.3 Å². The molecule has 1 aliphatic rings. The first-order valence-electron chi connectivity index (χ1n) is 17.7. The fourth-order valence-electron chi connectivity index (χ4n) is 6.94. The van der Waals surface area contributed by atoms with Crippen LogP contribution in [0.15, 0.2) is 84.9 Å². The van der Waals surface area contributed by atoms with E-state index in [1.165, 1.54) is 0 Å². The average Bonchev–Trinajstić information content (AvgIpc) is 3.64. The second-order valence-corrected chi connectivity index (χ2v) is 12.4. The average molecular weight is 685 g/mol. The summed E-state index contributed by atoms with van der Waals surface area (Å²) in [6.45, 7) is 6.59. The number of ether oxygens (including phenoxy) is 3. The van der Waals surface area contributed by atoms with E-state index in [4.69, 9.17) is 24.6 Å². The third kappa shape index (κ3) is 7.53. The number of para-hydroxylation sites is 1. The maximum atomic E-state index is 13.0. The molecule has 0 fully saturated rings. The zero-order chi connectivity index (χ0) is 35.7. The summed E-state index contributed by atoms with van der Waals surface area (Å²) in [5.41, 5.74) is 7.13. The van der Waals surface area contributed by atoms with Crippen molar-refractivity contribution >= 4 is 27.6 Å². The number of aromatic carboxylic acids is 1. The molecule has 0 atom stereocenters. The Labute approximate surface area is 298 Å². The number of carbonyl (C=O) groups is 1. The largest absolute Gasteiger partial charge is 0.493 e. The zero-order valence-corrected chi connectivity index (χ0v) is 29.5. The van der Waals surface area contributed by atoms with Gasteiger partial charge in [-0.1, -0.05) is 80.6 Å². The molecule has 2 aromatic heterocycles. The highest BCUT2D eigenvalue weighted by atomic mass is 16.5. The standard InChI is InChI=1S/C40H38N4O5.C2H6/c1-43-35-26-47-21-5-4-20-44-38-31(12-7-13-33(38)37(35)34(42-43)25-48-24-28-18-16-27(23-41)17-19-28)32(39(44)40(45)46)14-8-22-49-36-15-6-10-29-9-2-3-11-30(29)36;1-2/h2-3,6-7,9-13,15-19H,4-5,8,14,20-22,24-26H2,1H3,(H,45,46);1-2H3. The van der Waals surface area contributed by atoms with Gasteiger partial charge in [0, 0.05) is 42.1 Å². The number of hydrogen-bond acceptors (Lipinski definition) is 6. The van der Waals surface area contributed by atoms with Crippen LogP contribution in [0.1, 0.15) is 71.7 Å². The van der Waals surface area contributed by atoms with Crippen molar-refractivity contribution in [2.45, 2.75) is 65.9 Å². The van der Waals surface area contributed by atoms with Gasteiger partial charge in [-0.15, -0.1) is 0 Å². The molecule has 51 heavy (non-hydrogen) atoms. The molecule has 0 amide bonds. The second-order valence-electron chi connectivity index (χ2n) is 12.4. The zero-order valence-electron chi connectivity index (χ0n) is 29.5. The predicted octanol–water partition coefficient (Wildman–Crippen LogP) is 8.83. The SMILES string of the molecule is CC.Cn1nc(COCc2ccc(C#N)cc2)c2c1COCCCCn1c(C(=O)O)c(CCCOc3cccc4ccccc34)c3cccc-2c31. The van der Waals surface area contributed by atoms with Crippen LogP contribution in [0, 0.1) is 11.3 Å². The minimum absolute atomic E-state index is 0.254. The Hall–Kier alpha value is -5.43. The maximum Gasteiger partial charge on any atom is 0.352 e. The van der Waals surface area contributed by atoms with Gasteiger partial charge < -0.3 is 23.9 Å². The summed E-state index contributed by atoms with van der Waals surface area (Å²) in [5, 5.41) is 27.8. The first-order valence-corrected chi connectivity index (χ1v) is 17.7. The van der Waals surface area contributed by atoms with Crippen LogP contribution in [0.5, 0.6) is 5.75 Å². The molecule has 0 saturated carbocycles. The van der Waals surface area contributed by atoms with E-state index < -0.39 is 5.97 Å². The molecule has 0 unspecified atom stereocenters. The van der Waals surface area contributed by atoms with E-state index in [1.807, 2.05) is 78.7 Å². The third-order valence-corrected chi connectivity index (χ3v) is 9.23. The van der Waals surface area contributed by atoms with E-state index in [9.17, 15) is 9.90 Å². The van der Waals surface area contributed by atoms with E-state index in [2.05, 4.69) is 30.3 Å². The van der Waals surface area contributed by atoms with Gasteiger partial charge in [0.25, 0.3) is 0 Å². The number of carboxylic acids is 1. The molecule has 0 radical (unpaired) electrons. The Morgan fingerprint density at radius 2 is 1.73 bits per heavy atom. The summed E-state index contributed by atoms with van der Waals surface area (Å²) < 4.78 is 22.4. The van der Waals surface area contributed by atoms with E-state index in [0.717, 1.165) is 73.9 Å². The van der Waals surface area contributed by atoms with Crippen LogP contribution in [0.3, 0.4) is 0 Å². The van der Waals surface area contributed by atoms with Gasteiger partial charge in [-0.25, -0.2) is 4.79 Å². The van der Waals surface area contributed by atoms with Gasteiger partial charge in [-0.2, -0.15) is 10.4 Å². The molecular formula is C42H44N4O5. The van der Waals surface area contributed by atoms with E-state index >= 15 is 0 Å². The number of nitrogens with zero attached hydrogens (tertiary/aromatic N) is 4. The van der Waals surface area contributed by atoms with Gasteiger partial charge in [0.15, 0.2) is 0 Å². The van der Waals surface area contributed by atoms with Crippen molar-refractivity contribution < 1.29 is 24.1 Å². The summed E-state index contributed by atoms with van der Waals surface area (Å²) >= 11 is 0. The van der Waals surface area contributed by atoms with Crippen LogP contribution in [0.2, 0.25) is 0 Å². The Morgan fingerprint density at radius 1 is 0.961 bits per heavy atom. The van der Waals surface area contributed by atoms with E-state index in [-0.39, 0.29) is 6.61 Å². The fraction of sp³-hybridized carbons (Fsp3) is 0.310. The number of carboxylic acid groups (broad SMARTS) is 1. The van der Waals surface area contributed by atoms with E-state index in [1.54, 1.807) is 12.1 Å². The maximum absolute atomic E-state index is 13.0. The highest BCUT2D eigenvalue weighted by molar-refractivity contribution is 6.04. The van der Waals surface area contributed by atoms with Crippen molar-refractivity contribution in [3.63, 3.8) is 0 Å². The highest BCUT2D eigenvalue weighted by Gasteiger charge is 2.28. The molecule has 7 rings (SSSR count). The Kier molecular flexibility index (Phi) is 11.5. The molecule has 6 aromatic rings. The molecule has 0 spiro atoms. The van der Waals surface area contributed by atoms with Crippen LogP contribution < -0.4 is 4.74 Å². The first-order chi connectivity index (χ1) is 25.0. The smallest absolute Gasteiger partial charge is 0.352 e. The minimum Gasteiger partial charge on any atom is -0.493 e. The lowest BCUT2D eigenvalue weighted by Gasteiger charge is -2.13. The predicted molar refractivity (Wildman–Crippen MR) is 199 cm³/mol. The molecule has 0 bridgehead atoms. The second kappa shape index (κ2) is 16.5. The molecule has 4 aromatic carbocycles. The summed E-state index contributed by atoms with van der Waals surface area (Å²) in [5.74, 6) is -0.105. The van der Waals surface area contributed by atoms with Gasteiger partial charge in [-0.05, 0) is 60.4 Å². The van der Waals surface area contributed by atoms with Crippen molar-refractivity contribution in [3.8, 4) is 22.9 Å². The fourth-order valence-corrected chi connectivity index (χ4v) is 6.94. The molecule has 0 saturated heterocycles. The van der Waals surface area contributed by atoms with Crippen LogP contribution in [-0.2, 0) is 49.3 Å². The summed E-state index contributed by atoms with van der Waals surface area (Å²) in [4.78, 5) is 13.0. The summed E-state index contributed by atoms with van der Waals surface area (Å²) in [6.07, 6.45) is 2.82. The number of fused-ring (bicyclic) bond motifs is 3. The summed E-state index contributed by atoms with van der Waals surface area (Å²) in [7, 11) is 1.91. The minimum atomic E-state index is -0.935. The van der Waals surface area contributed by atoms with Crippen molar-refractivity contribution in [1.29, 1.82) is 5.26 Å². The molecular weight excluding hydrogens is 640 g/mol. The molecule has 3 heterocycles. The monoisotopic (exact) mass is 684 g/mol. The topological polar surface area (TPSA) is 112 Å². The molecule has 9 nitrogen and oxygen atoms in total. The quantitative estimate of drug-likeness (QED) is 0.144. The van der Waals surface area contributed by atoms with Crippen molar-refractivity contribution in [3.05, 3.63) is 119 Å². The number of benzene rings is 4. The van der Waals surface area contributed by atoms with Gasteiger partial charge in [0.05, 0.1) is 55.0 Å². The lowest BCUT2D eigenvalue weighted by atomic mass is 9.98. The lowest BCUT2D eigenvalue weighted by Crippen LogP contribution is -2.12. The molecule has 0 aliphatic carbocycles. The van der Waals surface area contributed by atoms with Crippen molar-refractivity contribution in [2.24, 2.45) is 7.05 Å². The molecule has 1 N–H and O–H groups in total. The van der Waals surface area contributed by atoms with Crippen LogP contribution in [0.25, 0.3) is 32.8 Å². The van der Waals surface area contributed by atoms with Gasteiger partial charge in [0.2, 0.25) is 0 Å². The third-order valence-electron chi connectivity index (χ3n) is 9.23. The van der Waals surface area contributed by atoms with Crippen LogP contribution >= 0.6 is 0 Å². The van der Waals surface area contributed by atoms with Gasteiger partial charge in [0.1, 0.15) is 11.4 Å². The number of aryl methyl sites for hydroxylation is 3. The molecule has 9 heteroatoms. The number of nitriles is 1. The van der Waals surface area contributed by atoms with Gasteiger partial charge >= 0.3 is 5.97 Å². The summed E-state index contributed by atoms with van der Waals surface area (Å²) in [6, 6.07) is 29.8. The Morgan fingerprint density at radius 3 is 2.53 bits per heavy atom. The van der Waals surface area contributed by atoms with Crippen LogP contribution in [-0.4, -0.2) is 38.6 Å². The Balaban J connectivity index is 0.00000220. The first kappa shape index (κ1) is 35.4. The highest BCUT2D eigenvalue weighted by Crippen LogP contribution is 2.39. The Bertz CT molecular complexity index is 2170. The van der Waals surface area contributed by atoms with Crippen molar-refractivity contribution in [2.75, 3.05) is 13.2 Å². The van der Waals surface area contributed by atoms with E-state index in [0.29, 0.717) is 57.1 Å². The number of rotatable bonds is 10. The molecule has 262 valence electrons. The lowest BCUT2D eigenvalue weighted by molar-refractivity contribution is 0.0683. The van der Waals surface area contributed by atoms with Gasteiger partial charge in [-0.3, -0.25) is 4.68 Å². The van der Waals surface area contributed by atoms with Crippen LogP contribution in [0.4, 0.5) is 0 Å². The number of hydrogen-bond donors (Lipinski definition) is 1. The number of aromatic nitrogens is 3. The molecule has 1 aliphatic heterocycles.